The zero-order valence-electron chi connectivity index (χ0n) is 18.0. The Morgan fingerprint density at radius 1 is 1.10 bits per heavy atom. The maximum Gasteiger partial charge on any atom is 0.174 e. The van der Waals surface area contributed by atoms with Gasteiger partial charge in [0.2, 0.25) is 0 Å². The molecular formula is C26H36O3. The van der Waals surface area contributed by atoms with Crippen LogP contribution in [-0.2, 0) is 4.79 Å². The van der Waals surface area contributed by atoms with Gasteiger partial charge in [-0.2, -0.15) is 0 Å². The molecule has 0 radical (unpaired) electrons. The molecule has 158 valence electrons. The molecule has 1 spiro atoms. The van der Waals surface area contributed by atoms with E-state index in [9.17, 15) is 15.0 Å². The molecule has 0 saturated heterocycles. The molecule has 0 aliphatic heterocycles. The van der Waals surface area contributed by atoms with Gasteiger partial charge in [0.25, 0.3) is 0 Å². The fraction of sp³-hybridized carbons (Fsp3) is 0.808. The predicted molar refractivity (Wildman–Crippen MR) is 113 cm³/mol. The van der Waals surface area contributed by atoms with Crippen molar-refractivity contribution in [2.45, 2.75) is 90.3 Å². The topological polar surface area (TPSA) is 57.5 Å². The van der Waals surface area contributed by atoms with Gasteiger partial charge in [-0.25, -0.2) is 0 Å². The second kappa shape index (κ2) is 6.96. The number of ketones is 1. The van der Waals surface area contributed by atoms with Gasteiger partial charge in [-0.05, 0) is 106 Å². The number of aliphatic hydroxyl groups is 2. The highest BCUT2D eigenvalue weighted by atomic mass is 16.3. The molecular weight excluding hydrogens is 360 g/mol. The van der Waals surface area contributed by atoms with Crippen molar-refractivity contribution in [1.29, 1.82) is 0 Å². The molecule has 1 unspecified atom stereocenters. The molecule has 29 heavy (non-hydrogen) atoms. The normalized spacial score (nSPS) is 49.5. The Bertz CT molecular complexity index is 786. The predicted octanol–water partition coefficient (Wildman–Crippen LogP) is 4.27. The summed E-state index contributed by atoms with van der Waals surface area (Å²) in [6.45, 7) is 4.18. The molecule has 4 fully saturated rings. The maximum atomic E-state index is 13.3. The van der Waals surface area contributed by atoms with E-state index >= 15 is 0 Å². The summed E-state index contributed by atoms with van der Waals surface area (Å²) in [6.07, 6.45) is 12.7. The van der Waals surface area contributed by atoms with E-state index in [0.29, 0.717) is 22.8 Å². The minimum atomic E-state index is -0.684. The van der Waals surface area contributed by atoms with Gasteiger partial charge in [0, 0.05) is 5.92 Å². The number of carbonyl (C=O) groups is 1. The van der Waals surface area contributed by atoms with Crippen LogP contribution in [0.4, 0.5) is 0 Å². The first-order valence-electron chi connectivity index (χ1n) is 12.0. The third kappa shape index (κ3) is 2.89. The van der Waals surface area contributed by atoms with Gasteiger partial charge in [-0.15, -0.1) is 0 Å². The Morgan fingerprint density at radius 2 is 1.93 bits per heavy atom. The van der Waals surface area contributed by atoms with Crippen molar-refractivity contribution in [2.24, 2.45) is 40.4 Å². The van der Waals surface area contributed by atoms with Crippen LogP contribution in [0.1, 0.15) is 78.1 Å². The van der Waals surface area contributed by atoms with Crippen molar-refractivity contribution >= 4 is 5.78 Å². The van der Waals surface area contributed by atoms with Crippen LogP contribution in [0.2, 0.25) is 0 Å². The lowest BCUT2D eigenvalue weighted by molar-refractivity contribution is -0.141. The van der Waals surface area contributed by atoms with Gasteiger partial charge in [-0.1, -0.05) is 24.8 Å². The molecule has 2 N–H and O–H groups in total. The van der Waals surface area contributed by atoms with Crippen molar-refractivity contribution in [3.8, 4) is 11.8 Å². The van der Waals surface area contributed by atoms with Crippen molar-refractivity contribution in [3.05, 3.63) is 11.6 Å². The molecule has 3 nitrogen and oxygen atoms in total. The van der Waals surface area contributed by atoms with Crippen LogP contribution in [0, 0.1) is 52.3 Å². The molecule has 0 aromatic heterocycles. The number of Topliss-reactive ketones (excluding diaryl/α,β-unsaturated/α-hetero) is 1. The second-order valence-electron chi connectivity index (χ2n) is 11.1. The van der Waals surface area contributed by atoms with E-state index in [1.54, 1.807) is 6.92 Å². The minimum absolute atomic E-state index is 0.0855. The number of allylic oxidation sites excluding steroid dienone is 2. The van der Waals surface area contributed by atoms with E-state index in [1.807, 2.05) is 0 Å². The summed E-state index contributed by atoms with van der Waals surface area (Å²) < 4.78 is 0. The van der Waals surface area contributed by atoms with Crippen LogP contribution in [0.3, 0.4) is 0 Å². The van der Waals surface area contributed by atoms with Crippen LogP contribution in [0.5, 0.6) is 0 Å². The fourth-order valence-electron chi connectivity index (χ4n) is 8.71. The van der Waals surface area contributed by atoms with E-state index < -0.39 is 6.10 Å². The summed E-state index contributed by atoms with van der Waals surface area (Å²) in [5.41, 5.74) is 1.22. The summed E-state index contributed by atoms with van der Waals surface area (Å²) in [4.78, 5) is 13.3. The Balaban J connectivity index is 1.42. The highest BCUT2D eigenvalue weighted by molar-refractivity contribution is 6.02. The first-order chi connectivity index (χ1) is 13.8. The average Bonchev–Trinajstić information content (AvgIpc) is 3.08. The molecule has 0 bridgehead atoms. The van der Waals surface area contributed by atoms with Gasteiger partial charge in [0.05, 0.1) is 11.7 Å². The lowest BCUT2D eigenvalue weighted by atomic mass is 9.43. The summed E-state index contributed by atoms with van der Waals surface area (Å²) in [5, 5.41) is 19.7. The zero-order chi connectivity index (χ0) is 20.4. The monoisotopic (exact) mass is 396 g/mol. The number of hydrogen-bond donors (Lipinski definition) is 2. The van der Waals surface area contributed by atoms with Crippen molar-refractivity contribution in [2.75, 3.05) is 0 Å². The van der Waals surface area contributed by atoms with Crippen LogP contribution in [0.15, 0.2) is 11.6 Å². The molecule has 5 rings (SSSR count). The lowest BCUT2D eigenvalue weighted by Crippen LogP contribution is -2.55. The van der Waals surface area contributed by atoms with Crippen molar-refractivity contribution < 1.29 is 15.0 Å². The summed E-state index contributed by atoms with van der Waals surface area (Å²) in [5.74, 6) is 9.06. The molecule has 3 heteroatoms. The van der Waals surface area contributed by atoms with Crippen LogP contribution < -0.4 is 0 Å². The number of rotatable bonds is 0. The van der Waals surface area contributed by atoms with Crippen molar-refractivity contribution in [3.63, 3.8) is 0 Å². The van der Waals surface area contributed by atoms with E-state index in [2.05, 4.69) is 24.8 Å². The van der Waals surface area contributed by atoms with Gasteiger partial charge in [0.15, 0.2) is 5.78 Å². The maximum absolute atomic E-state index is 13.3. The van der Waals surface area contributed by atoms with E-state index in [4.69, 9.17) is 0 Å². The second-order valence-corrected chi connectivity index (χ2v) is 11.1. The fourth-order valence-corrected chi connectivity index (χ4v) is 8.71. The minimum Gasteiger partial charge on any atom is -0.393 e. The van der Waals surface area contributed by atoms with E-state index in [0.717, 1.165) is 37.5 Å². The van der Waals surface area contributed by atoms with Gasteiger partial charge < -0.3 is 10.2 Å². The quantitative estimate of drug-likeness (QED) is 0.601. The highest BCUT2D eigenvalue weighted by Crippen LogP contribution is 2.69. The molecule has 5 aliphatic rings. The summed E-state index contributed by atoms with van der Waals surface area (Å²) >= 11 is 0. The van der Waals surface area contributed by atoms with Crippen LogP contribution >= 0.6 is 0 Å². The summed E-state index contributed by atoms with van der Waals surface area (Å²) in [6, 6.07) is 0. The molecule has 9 atom stereocenters. The number of aliphatic hydroxyl groups excluding tert-OH is 2. The van der Waals surface area contributed by atoms with Crippen molar-refractivity contribution in [1.82, 2.24) is 0 Å². The third-order valence-corrected chi connectivity index (χ3v) is 10.0. The standard InChI is InChI=1S/C26H36O3/c1-16(27)3-4-17-9-13-26-14-11-21-20(22(26)7-8-23(26)24(17)29)6-5-18-15-19(28)10-12-25(18,21)2/h9,16,18-23,27-28H,5-8,10-15H2,1-2H3/t16?,18-,19-,20-,21+,22+,23-,25+,26+/m1/s1. The van der Waals surface area contributed by atoms with Crippen LogP contribution in [-0.4, -0.2) is 28.2 Å². The molecule has 0 aromatic rings. The zero-order valence-corrected chi connectivity index (χ0v) is 18.0. The SMILES string of the molecule is CC(O)C#CC1=CC[C@]23CC[C@H]4[C@@H](CC[C@@H]5C[C@H](O)CC[C@@]54C)[C@@H]2CC[C@@H]3C1=O. The lowest BCUT2D eigenvalue weighted by Gasteiger charge is -2.61. The number of hydrogen-bond acceptors (Lipinski definition) is 3. The third-order valence-electron chi connectivity index (χ3n) is 10.0. The summed E-state index contributed by atoms with van der Waals surface area (Å²) in [7, 11) is 0. The molecule has 0 amide bonds. The van der Waals surface area contributed by atoms with E-state index in [1.165, 1.54) is 38.5 Å². The Morgan fingerprint density at radius 3 is 2.72 bits per heavy atom. The van der Waals surface area contributed by atoms with Gasteiger partial charge >= 0.3 is 0 Å². The number of carbonyl (C=O) groups excluding carboxylic acids is 1. The van der Waals surface area contributed by atoms with Gasteiger partial charge in [0.1, 0.15) is 6.10 Å². The molecule has 4 saturated carbocycles. The number of fused-ring (bicyclic) bond motifs is 4. The average molecular weight is 397 g/mol. The van der Waals surface area contributed by atoms with Crippen LogP contribution in [0.25, 0.3) is 0 Å². The first-order valence-corrected chi connectivity index (χ1v) is 12.0. The molecule has 0 heterocycles. The van der Waals surface area contributed by atoms with Gasteiger partial charge in [-0.3, -0.25) is 4.79 Å². The Kier molecular flexibility index (Phi) is 4.76. The molecule has 5 aliphatic carbocycles. The smallest absolute Gasteiger partial charge is 0.174 e. The first kappa shape index (κ1) is 19.8. The molecule has 0 aromatic carbocycles. The van der Waals surface area contributed by atoms with E-state index in [-0.39, 0.29) is 23.2 Å². The Hall–Kier alpha value is -1.11. The Labute approximate surface area is 175 Å². The highest BCUT2D eigenvalue weighted by Gasteiger charge is 2.63. The largest absolute Gasteiger partial charge is 0.393 e.